The molecule has 0 unspecified atom stereocenters. The van der Waals surface area contributed by atoms with E-state index in [0.29, 0.717) is 5.56 Å². The molecule has 1 aromatic heterocycles. The van der Waals surface area contributed by atoms with Crippen LogP contribution in [0.1, 0.15) is 94.8 Å². The van der Waals surface area contributed by atoms with E-state index in [-0.39, 0.29) is 18.9 Å². The third kappa shape index (κ3) is 8.61. The molecular formula is C28H41NO7. The van der Waals surface area contributed by atoms with Crippen LogP contribution in [-0.4, -0.2) is 57.8 Å². The summed E-state index contributed by atoms with van der Waals surface area (Å²) in [6.45, 7) is 3.83. The first-order valence-corrected chi connectivity index (χ1v) is 13.3. The van der Waals surface area contributed by atoms with Crippen LogP contribution in [0.5, 0.6) is 0 Å². The van der Waals surface area contributed by atoms with E-state index in [9.17, 15) is 14.7 Å². The SMILES string of the molecule is C[C@H](CCCCCCCCCCC(=O)O)O[C@@H]1O[C@@H](C)[C@H](OC(=O)c2c[nH]c3ccccc23)C[C@H]1O. The lowest BCUT2D eigenvalue weighted by molar-refractivity contribution is -0.273. The summed E-state index contributed by atoms with van der Waals surface area (Å²) in [5.74, 6) is -1.15. The van der Waals surface area contributed by atoms with Crippen LogP contribution in [-0.2, 0) is 19.0 Å². The van der Waals surface area contributed by atoms with Crippen molar-refractivity contribution in [1.29, 1.82) is 0 Å². The number of hydrogen-bond acceptors (Lipinski definition) is 6. The average Bonchev–Trinajstić information content (AvgIpc) is 3.27. The number of nitrogens with one attached hydrogen (secondary N) is 1. The number of aromatic nitrogens is 1. The van der Waals surface area contributed by atoms with E-state index in [1.165, 1.54) is 6.42 Å². The highest BCUT2D eigenvalue weighted by molar-refractivity contribution is 6.04. The number of fused-ring (bicyclic) bond motifs is 1. The Bertz CT molecular complexity index is 958. The van der Waals surface area contributed by atoms with E-state index in [4.69, 9.17) is 19.3 Å². The van der Waals surface area contributed by atoms with E-state index in [1.807, 2.05) is 38.1 Å². The van der Waals surface area contributed by atoms with E-state index < -0.39 is 36.5 Å². The molecule has 0 spiro atoms. The lowest BCUT2D eigenvalue weighted by Crippen LogP contribution is -2.49. The highest BCUT2D eigenvalue weighted by Gasteiger charge is 2.38. The summed E-state index contributed by atoms with van der Waals surface area (Å²) in [6.07, 6.45) is 8.98. The van der Waals surface area contributed by atoms with Crippen LogP contribution in [0.25, 0.3) is 10.9 Å². The first kappa shape index (κ1) is 28.2. The number of rotatable bonds is 15. The van der Waals surface area contributed by atoms with Crippen molar-refractivity contribution in [3.8, 4) is 0 Å². The Balaban J connectivity index is 1.31. The van der Waals surface area contributed by atoms with Gasteiger partial charge in [0.2, 0.25) is 0 Å². The monoisotopic (exact) mass is 503 g/mol. The van der Waals surface area contributed by atoms with Crippen molar-refractivity contribution >= 4 is 22.8 Å². The fourth-order valence-electron chi connectivity index (χ4n) is 4.70. The van der Waals surface area contributed by atoms with Crippen LogP contribution in [0, 0.1) is 0 Å². The van der Waals surface area contributed by atoms with Crippen molar-refractivity contribution < 1.29 is 34.0 Å². The van der Waals surface area contributed by atoms with Crippen LogP contribution in [0.4, 0.5) is 0 Å². The van der Waals surface area contributed by atoms with Gasteiger partial charge >= 0.3 is 11.9 Å². The number of carbonyl (C=O) groups excluding carboxylic acids is 1. The van der Waals surface area contributed by atoms with E-state index in [1.54, 1.807) is 6.20 Å². The predicted octanol–water partition coefficient (Wildman–Crippen LogP) is 5.58. The molecule has 1 fully saturated rings. The minimum Gasteiger partial charge on any atom is -0.481 e. The first-order chi connectivity index (χ1) is 17.3. The van der Waals surface area contributed by atoms with Gasteiger partial charge in [0.05, 0.1) is 17.8 Å². The van der Waals surface area contributed by atoms with E-state index >= 15 is 0 Å². The molecule has 3 N–H and O–H groups in total. The van der Waals surface area contributed by atoms with Crippen LogP contribution in [0.3, 0.4) is 0 Å². The molecule has 5 atom stereocenters. The second-order valence-corrected chi connectivity index (χ2v) is 9.91. The van der Waals surface area contributed by atoms with E-state index in [2.05, 4.69) is 4.98 Å². The molecule has 2 heterocycles. The Labute approximate surface area is 213 Å². The van der Waals surface area contributed by atoms with Crippen molar-refractivity contribution in [3.63, 3.8) is 0 Å². The maximum atomic E-state index is 12.8. The molecule has 200 valence electrons. The zero-order valence-corrected chi connectivity index (χ0v) is 21.5. The molecule has 1 saturated heterocycles. The first-order valence-electron chi connectivity index (χ1n) is 13.3. The fraction of sp³-hybridized carbons (Fsp3) is 0.643. The lowest BCUT2D eigenvalue weighted by atomic mass is 10.0. The van der Waals surface area contributed by atoms with Crippen LogP contribution < -0.4 is 0 Å². The Kier molecular flexibility index (Phi) is 11.2. The molecule has 1 aromatic carbocycles. The minimum absolute atomic E-state index is 0.0433. The molecule has 2 aromatic rings. The normalized spacial score (nSPS) is 23.0. The Morgan fingerprint density at radius 1 is 1.08 bits per heavy atom. The maximum Gasteiger partial charge on any atom is 0.340 e. The third-order valence-corrected chi connectivity index (χ3v) is 6.85. The summed E-state index contributed by atoms with van der Waals surface area (Å²) in [5.41, 5.74) is 1.34. The topological polar surface area (TPSA) is 118 Å². The molecule has 0 aliphatic carbocycles. The highest BCUT2D eigenvalue weighted by Crippen LogP contribution is 2.27. The Morgan fingerprint density at radius 3 is 2.47 bits per heavy atom. The van der Waals surface area contributed by atoms with Gasteiger partial charge in [0, 0.05) is 29.9 Å². The van der Waals surface area contributed by atoms with Crippen molar-refractivity contribution in [1.82, 2.24) is 4.98 Å². The number of unbranched alkanes of at least 4 members (excludes halogenated alkanes) is 7. The molecular weight excluding hydrogens is 462 g/mol. The Morgan fingerprint density at radius 2 is 1.75 bits per heavy atom. The molecule has 1 aliphatic heterocycles. The number of aliphatic hydroxyl groups excluding tert-OH is 1. The molecule has 0 saturated carbocycles. The van der Waals surface area contributed by atoms with Gasteiger partial charge in [0.25, 0.3) is 0 Å². The van der Waals surface area contributed by atoms with Crippen molar-refractivity contribution in [3.05, 3.63) is 36.0 Å². The molecule has 8 heteroatoms. The number of benzene rings is 1. The van der Waals surface area contributed by atoms with Gasteiger partial charge < -0.3 is 29.4 Å². The van der Waals surface area contributed by atoms with Gasteiger partial charge in [-0.05, 0) is 32.8 Å². The number of hydrogen-bond donors (Lipinski definition) is 3. The predicted molar refractivity (Wildman–Crippen MR) is 137 cm³/mol. The number of carboxylic acid groups (broad SMARTS) is 1. The van der Waals surface area contributed by atoms with Gasteiger partial charge in [-0.2, -0.15) is 0 Å². The summed E-state index contributed by atoms with van der Waals surface area (Å²) in [4.78, 5) is 26.3. The standard InChI is InChI=1S/C28H41NO7/c1-19(13-9-7-5-3-4-6-8-10-16-26(31)32)34-28-24(30)17-25(20(2)35-28)36-27(33)22-18-29-23-15-12-11-14-21(22)23/h11-12,14-15,18-20,24-25,28-30H,3-10,13,16-17H2,1-2H3,(H,31,32)/t19-,20+,24-,25-,28-/m1/s1. The summed E-state index contributed by atoms with van der Waals surface area (Å²) in [5, 5.41) is 20.0. The second-order valence-electron chi connectivity index (χ2n) is 9.91. The lowest BCUT2D eigenvalue weighted by Gasteiger charge is -2.38. The smallest absolute Gasteiger partial charge is 0.340 e. The molecule has 0 amide bonds. The fourth-order valence-corrected chi connectivity index (χ4v) is 4.70. The number of H-pyrrole nitrogens is 1. The molecule has 3 rings (SSSR count). The van der Waals surface area contributed by atoms with Gasteiger partial charge in [-0.25, -0.2) is 4.79 Å². The number of aliphatic hydroxyl groups is 1. The number of aromatic amines is 1. The quantitative estimate of drug-likeness (QED) is 0.214. The van der Waals surface area contributed by atoms with Crippen molar-refractivity contribution in [2.24, 2.45) is 0 Å². The van der Waals surface area contributed by atoms with Gasteiger partial charge in [0.15, 0.2) is 6.29 Å². The third-order valence-electron chi connectivity index (χ3n) is 6.85. The largest absolute Gasteiger partial charge is 0.481 e. The number of carbonyl (C=O) groups is 2. The molecule has 36 heavy (non-hydrogen) atoms. The van der Waals surface area contributed by atoms with Crippen LogP contribution in [0.15, 0.2) is 30.5 Å². The van der Waals surface area contributed by atoms with Gasteiger partial charge in [0.1, 0.15) is 12.2 Å². The van der Waals surface area contributed by atoms with Crippen LogP contribution in [0.2, 0.25) is 0 Å². The van der Waals surface area contributed by atoms with Gasteiger partial charge in [-0.15, -0.1) is 0 Å². The highest BCUT2D eigenvalue weighted by atomic mass is 16.7. The summed E-state index contributed by atoms with van der Waals surface area (Å²) in [6, 6.07) is 7.55. The minimum atomic E-state index is -0.870. The Hall–Kier alpha value is -2.42. The number of carboxylic acids is 1. The summed E-state index contributed by atoms with van der Waals surface area (Å²) < 4.78 is 17.6. The number of ether oxygens (including phenoxy) is 3. The van der Waals surface area contributed by atoms with E-state index in [0.717, 1.165) is 62.3 Å². The summed E-state index contributed by atoms with van der Waals surface area (Å²) >= 11 is 0. The number of esters is 1. The van der Waals surface area contributed by atoms with Crippen LogP contribution >= 0.6 is 0 Å². The van der Waals surface area contributed by atoms with Gasteiger partial charge in [-0.1, -0.05) is 63.1 Å². The number of para-hydroxylation sites is 1. The van der Waals surface area contributed by atoms with Crippen molar-refractivity contribution in [2.45, 2.75) is 115 Å². The van der Waals surface area contributed by atoms with Crippen molar-refractivity contribution in [2.75, 3.05) is 0 Å². The van der Waals surface area contributed by atoms with Gasteiger partial charge in [-0.3, -0.25) is 4.79 Å². The molecule has 0 bridgehead atoms. The molecule has 8 nitrogen and oxygen atoms in total. The molecule has 1 aliphatic rings. The maximum absolute atomic E-state index is 12.8. The average molecular weight is 504 g/mol. The zero-order valence-electron chi connectivity index (χ0n) is 21.5. The second kappa shape index (κ2) is 14.4. The zero-order chi connectivity index (χ0) is 25.9. The number of aliphatic carboxylic acids is 1. The summed E-state index contributed by atoms with van der Waals surface area (Å²) in [7, 11) is 0. The molecule has 0 radical (unpaired) electrons.